The van der Waals surface area contributed by atoms with E-state index in [4.69, 9.17) is 9.47 Å². The number of halogens is 3. The van der Waals surface area contributed by atoms with E-state index in [9.17, 15) is 22.8 Å². The molecule has 6 nitrogen and oxygen atoms in total. The maximum absolute atomic E-state index is 13.3. The number of amides is 2. The van der Waals surface area contributed by atoms with E-state index in [2.05, 4.69) is 10.6 Å². The zero-order chi connectivity index (χ0) is 22.8. The van der Waals surface area contributed by atoms with Crippen LogP contribution in [0.5, 0.6) is 0 Å². The van der Waals surface area contributed by atoms with Gasteiger partial charge in [0.05, 0.1) is 42.0 Å². The number of carbonyl (C=O) groups is 2. The Hall–Kier alpha value is -2.43. The van der Waals surface area contributed by atoms with Crippen LogP contribution in [0.1, 0.15) is 50.6 Å². The van der Waals surface area contributed by atoms with Crippen molar-refractivity contribution in [2.45, 2.75) is 38.6 Å². The second-order valence-corrected chi connectivity index (χ2v) is 8.88. The Morgan fingerprint density at radius 1 is 1.19 bits per heavy atom. The van der Waals surface area contributed by atoms with Crippen LogP contribution in [0.3, 0.4) is 0 Å². The summed E-state index contributed by atoms with van der Waals surface area (Å²) in [5, 5.41) is 5.59. The van der Waals surface area contributed by atoms with Crippen molar-refractivity contribution < 1.29 is 32.2 Å². The summed E-state index contributed by atoms with van der Waals surface area (Å²) in [6.07, 6.45) is -4.21. The highest BCUT2D eigenvalue weighted by atomic mass is 32.1. The average molecular weight is 456 g/mol. The molecule has 3 rings (SSSR count). The van der Waals surface area contributed by atoms with Gasteiger partial charge in [0.2, 0.25) is 0 Å². The molecule has 0 atom stereocenters. The van der Waals surface area contributed by atoms with Crippen LogP contribution < -0.4 is 10.6 Å². The first kappa shape index (κ1) is 23.2. The van der Waals surface area contributed by atoms with Gasteiger partial charge in [-0.15, -0.1) is 11.3 Å². The zero-order valence-electron chi connectivity index (χ0n) is 17.3. The SMILES string of the molecule is COCC(C)(C)NC(=O)c1c(NC(=O)c2ccccc2C(F)(F)F)sc2c1CCOC2. The first-order chi connectivity index (χ1) is 14.5. The van der Waals surface area contributed by atoms with Gasteiger partial charge in [-0.2, -0.15) is 13.2 Å². The number of ether oxygens (including phenoxy) is 2. The number of hydrogen-bond acceptors (Lipinski definition) is 5. The number of benzene rings is 1. The summed E-state index contributed by atoms with van der Waals surface area (Å²) in [7, 11) is 1.52. The highest BCUT2D eigenvalue weighted by Crippen LogP contribution is 2.38. The maximum Gasteiger partial charge on any atom is 0.417 e. The summed E-state index contributed by atoms with van der Waals surface area (Å²) < 4.78 is 50.5. The van der Waals surface area contributed by atoms with Crippen LogP contribution in [-0.4, -0.2) is 37.7 Å². The van der Waals surface area contributed by atoms with Crippen molar-refractivity contribution in [1.29, 1.82) is 0 Å². The van der Waals surface area contributed by atoms with Crippen molar-refractivity contribution >= 4 is 28.2 Å². The summed E-state index contributed by atoms with van der Waals surface area (Å²) in [5.74, 6) is -1.36. The second kappa shape index (κ2) is 8.97. The van der Waals surface area contributed by atoms with Crippen LogP contribution in [0, 0.1) is 0 Å². The molecule has 10 heteroatoms. The van der Waals surface area contributed by atoms with Gasteiger partial charge in [-0.05, 0) is 38.0 Å². The molecule has 31 heavy (non-hydrogen) atoms. The number of thiophene rings is 1. The van der Waals surface area contributed by atoms with E-state index in [0.717, 1.165) is 33.9 Å². The van der Waals surface area contributed by atoms with Crippen molar-refractivity contribution in [3.8, 4) is 0 Å². The number of carbonyl (C=O) groups excluding carboxylic acids is 2. The standard InChI is InChI=1S/C21H23F3N2O4S/c1-20(2,11-29-3)26-18(28)16-13-8-9-30-10-15(13)31-19(16)25-17(27)12-6-4-5-7-14(12)21(22,23)24/h4-7H,8-11H2,1-3H3,(H,25,27)(H,26,28). The van der Waals surface area contributed by atoms with Crippen molar-refractivity contribution in [2.24, 2.45) is 0 Å². The lowest BCUT2D eigenvalue weighted by atomic mass is 10.0. The Labute approximate surface area is 181 Å². The minimum Gasteiger partial charge on any atom is -0.382 e. The number of hydrogen-bond donors (Lipinski definition) is 2. The fourth-order valence-electron chi connectivity index (χ4n) is 3.43. The maximum atomic E-state index is 13.3. The van der Waals surface area contributed by atoms with Crippen LogP contribution in [0.4, 0.5) is 18.2 Å². The average Bonchev–Trinajstić information content (AvgIpc) is 3.04. The number of alkyl halides is 3. The van der Waals surface area contributed by atoms with Gasteiger partial charge < -0.3 is 20.1 Å². The Balaban J connectivity index is 1.96. The molecule has 168 valence electrons. The highest BCUT2D eigenvalue weighted by Gasteiger charge is 2.36. The molecule has 0 unspecified atom stereocenters. The van der Waals surface area contributed by atoms with Gasteiger partial charge in [-0.3, -0.25) is 9.59 Å². The third kappa shape index (κ3) is 5.25. The predicted molar refractivity (Wildman–Crippen MR) is 110 cm³/mol. The van der Waals surface area contributed by atoms with E-state index in [0.29, 0.717) is 13.0 Å². The smallest absolute Gasteiger partial charge is 0.382 e. The van der Waals surface area contributed by atoms with E-state index in [1.807, 2.05) is 0 Å². The van der Waals surface area contributed by atoms with Crippen LogP contribution in [0.15, 0.2) is 24.3 Å². The Kier molecular flexibility index (Phi) is 6.73. The molecule has 0 bridgehead atoms. The lowest BCUT2D eigenvalue weighted by molar-refractivity contribution is -0.137. The van der Waals surface area contributed by atoms with Crippen molar-refractivity contribution in [1.82, 2.24) is 5.32 Å². The van der Waals surface area contributed by atoms with Gasteiger partial charge in [0, 0.05) is 12.0 Å². The van der Waals surface area contributed by atoms with Gasteiger partial charge in [-0.25, -0.2) is 0 Å². The molecule has 0 radical (unpaired) electrons. The van der Waals surface area contributed by atoms with Gasteiger partial charge >= 0.3 is 6.18 Å². The Morgan fingerprint density at radius 3 is 2.58 bits per heavy atom. The molecule has 2 amide bonds. The highest BCUT2D eigenvalue weighted by molar-refractivity contribution is 7.17. The van der Waals surface area contributed by atoms with E-state index >= 15 is 0 Å². The zero-order valence-corrected chi connectivity index (χ0v) is 18.1. The van der Waals surface area contributed by atoms with Crippen molar-refractivity contribution in [3.05, 3.63) is 51.4 Å². The Morgan fingerprint density at radius 2 is 1.90 bits per heavy atom. The van der Waals surface area contributed by atoms with E-state index in [1.165, 1.54) is 19.2 Å². The summed E-state index contributed by atoms with van der Waals surface area (Å²) in [4.78, 5) is 26.6. The molecule has 0 saturated heterocycles. The topological polar surface area (TPSA) is 76.7 Å². The molecule has 1 aromatic carbocycles. The minimum atomic E-state index is -4.68. The monoisotopic (exact) mass is 456 g/mol. The predicted octanol–water partition coefficient (Wildman–Crippen LogP) is 4.25. The molecular formula is C21H23F3N2O4S. The van der Waals surface area contributed by atoms with E-state index < -0.39 is 34.7 Å². The quantitative estimate of drug-likeness (QED) is 0.682. The lowest BCUT2D eigenvalue weighted by Crippen LogP contribution is -2.47. The fourth-order valence-corrected chi connectivity index (χ4v) is 4.60. The van der Waals surface area contributed by atoms with Gasteiger partial charge in [-0.1, -0.05) is 12.1 Å². The Bertz CT molecular complexity index is 985. The largest absolute Gasteiger partial charge is 0.417 e. The molecule has 0 aliphatic carbocycles. The normalized spacial score (nSPS) is 14.1. The molecular weight excluding hydrogens is 433 g/mol. The summed E-state index contributed by atoms with van der Waals surface area (Å²) in [5.41, 5.74) is -1.24. The molecule has 1 aliphatic rings. The van der Waals surface area contributed by atoms with E-state index in [-0.39, 0.29) is 23.8 Å². The minimum absolute atomic E-state index is 0.197. The molecule has 1 aromatic heterocycles. The number of rotatable bonds is 6. The summed E-state index contributed by atoms with van der Waals surface area (Å²) in [6, 6.07) is 4.54. The van der Waals surface area contributed by atoms with Crippen molar-refractivity contribution in [2.75, 3.05) is 25.6 Å². The van der Waals surface area contributed by atoms with Crippen LogP contribution >= 0.6 is 11.3 Å². The molecule has 0 fully saturated rings. The first-order valence-electron chi connectivity index (χ1n) is 9.55. The molecule has 0 spiro atoms. The molecule has 2 N–H and O–H groups in total. The third-order valence-corrected chi connectivity index (χ3v) is 5.83. The van der Waals surface area contributed by atoms with Gasteiger partial charge in [0.1, 0.15) is 5.00 Å². The molecule has 2 aromatic rings. The molecule has 2 heterocycles. The molecule has 0 saturated carbocycles. The third-order valence-electron chi connectivity index (χ3n) is 4.71. The van der Waals surface area contributed by atoms with Gasteiger partial charge in [0.25, 0.3) is 11.8 Å². The van der Waals surface area contributed by atoms with Gasteiger partial charge in [0.15, 0.2) is 0 Å². The first-order valence-corrected chi connectivity index (χ1v) is 10.4. The molecule has 1 aliphatic heterocycles. The second-order valence-electron chi connectivity index (χ2n) is 7.78. The number of anilines is 1. The number of methoxy groups -OCH3 is 1. The van der Waals surface area contributed by atoms with Crippen LogP contribution in [0.25, 0.3) is 0 Å². The van der Waals surface area contributed by atoms with E-state index in [1.54, 1.807) is 13.8 Å². The summed E-state index contributed by atoms with van der Waals surface area (Å²) in [6.45, 7) is 4.52. The van der Waals surface area contributed by atoms with Crippen LogP contribution in [0.2, 0.25) is 0 Å². The number of fused-ring (bicyclic) bond motifs is 1. The van der Waals surface area contributed by atoms with Crippen LogP contribution in [-0.2, 0) is 28.7 Å². The summed E-state index contributed by atoms with van der Waals surface area (Å²) >= 11 is 1.14. The lowest BCUT2D eigenvalue weighted by Gasteiger charge is -2.26. The fraction of sp³-hybridized carbons (Fsp3) is 0.429. The van der Waals surface area contributed by atoms with Crippen molar-refractivity contribution in [3.63, 3.8) is 0 Å². The number of nitrogens with one attached hydrogen (secondary N) is 2.